The number of rotatable bonds is 47. The Bertz CT molecular complexity index is 1250. The van der Waals surface area contributed by atoms with Crippen LogP contribution in [0.3, 0.4) is 0 Å². The van der Waals surface area contributed by atoms with Gasteiger partial charge in [-0.05, 0) is 64.2 Å². The summed E-state index contributed by atoms with van der Waals surface area (Å²) in [6.45, 7) is 6.45. The van der Waals surface area contributed by atoms with Crippen LogP contribution in [-0.4, -0.2) is 37.2 Å². The smallest absolute Gasteiger partial charge is 0.306 e. The highest BCUT2D eigenvalue weighted by Crippen LogP contribution is 2.15. The highest BCUT2D eigenvalue weighted by Gasteiger charge is 2.19. The molecule has 0 aromatic rings. The number of carbonyl (C=O) groups excluding carboxylic acids is 3. The minimum atomic E-state index is -0.799. The SMILES string of the molecule is CC\C=C/C=C\C=C/C=C\C=C\C=C/CCCCCC(=O)OCC(COC(=O)CCCCC/C=C\CCCCCCCCC)OC(=O)CCCCCCCCCCCCCCCCC. The molecule has 0 fully saturated rings. The molecule has 0 heterocycles. The van der Waals surface area contributed by atoms with Crippen LogP contribution in [0.4, 0.5) is 0 Å². The van der Waals surface area contributed by atoms with Gasteiger partial charge in [-0.15, -0.1) is 0 Å². The molecule has 0 aliphatic heterocycles. The molecule has 0 saturated heterocycles. The molecule has 0 saturated carbocycles. The Morgan fingerprint density at radius 3 is 1.02 bits per heavy atom. The number of hydrogen-bond donors (Lipinski definition) is 0. The van der Waals surface area contributed by atoms with Crippen molar-refractivity contribution in [2.24, 2.45) is 0 Å². The third-order valence-electron chi connectivity index (χ3n) is 11.3. The number of carbonyl (C=O) groups is 3. The lowest BCUT2D eigenvalue weighted by Gasteiger charge is -2.18. The summed E-state index contributed by atoms with van der Waals surface area (Å²) < 4.78 is 16.8. The van der Waals surface area contributed by atoms with Crippen LogP contribution < -0.4 is 0 Å². The van der Waals surface area contributed by atoms with Gasteiger partial charge in [-0.1, -0.05) is 247 Å². The van der Waals surface area contributed by atoms with Gasteiger partial charge in [-0.25, -0.2) is 0 Å². The average Bonchev–Trinajstić information content (AvgIpc) is 3.29. The lowest BCUT2D eigenvalue weighted by molar-refractivity contribution is -0.167. The standard InChI is InChI=1S/C58H98O6/c1-4-7-10-13-16-19-22-25-28-29-31-33-36-39-42-45-48-51-57(60)63-54-55(53-62-56(59)50-47-44-41-38-35-32-27-24-21-18-15-12-9-6-3)64-58(61)52-49-46-43-40-37-34-30-26-23-20-17-14-11-8-5-2/h7,10,13,16,19,22,25,28-29,31-33,35-36,55H,4-6,8-9,11-12,14-15,17-18,20-21,23-24,26-27,30,34,37-54H2,1-3H3/b10-7-,16-13-,22-19-,28-25-,31-29+,35-32-,36-33-. The summed E-state index contributed by atoms with van der Waals surface area (Å²) in [6, 6.07) is 0. The molecule has 6 heteroatoms. The van der Waals surface area contributed by atoms with Gasteiger partial charge in [0.2, 0.25) is 0 Å². The van der Waals surface area contributed by atoms with E-state index in [1.807, 2.05) is 60.8 Å². The maximum absolute atomic E-state index is 12.8. The molecule has 0 aromatic heterocycles. The normalized spacial score (nSPS) is 12.7. The molecule has 0 rings (SSSR count). The van der Waals surface area contributed by atoms with Gasteiger partial charge in [0.25, 0.3) is 0 Å². The number of hydrogen-bond acceptors (Lipinski definition) is 6. The average molecular weight is 891 g/mol. The monoisotopic (exact) mass is 891 g/mol. The zero-order valence-electron chi connectivity index (χ0n) is 41.8. The Morgan fingerprint density at radius 2 is 0.625 bits per heavy atom. The molecule has 0 aliphatic rings. The minimum Gasteiger partial charge on any atom is -0.462 e. The number of allylic oxidation sites excluding steroid dienone is 14. The quantitative estimate of drug-likeness (QED) is 0.0199. The van der Waals surface area contributed by atoms with Gasteiger partial charge in [0.15, 0.2) is 6.10 Å². The van der Waals surface area contributed by atoms with E-state index in [-0.39, 0.29) is 31.1 Å². The molecule has 0 bridgehead atoms. The summed E-state index contributed by atoms with van der Waals surface area (Å²) in [6.07, 6.45) is 67.0. The molecule has 0 N–H and O–H groups in total. The second-order valence-corrected chi connectivity index (χ2v) is 17.6. The van der Waals surface area contributed by atoms with Gasteiger partial charge in [-0.2, -0.15) is 0 Å². The lowest BCUT2D eigenvalue weighted by atomic mass is 10.0. The van der Waals surface area contributed by atoms with E-state index < -0.39 is 6.10 Å². The molecule has 1 atom stereocenters. The van der Waals surface area contributed by atoms with Crippen LogP contribution in [0.1, 0.15) is 245 Å². The molecular weight excluding hydrogens is 793 g/mol. The molecule has 64 heavy (non-hydrogen) atoms. The molecule has 0 spiro atoms. The van der Waals surface area contributed by atoms with Crippen LogP contribution in [0.15, 0.2) is 85.1 Å². The molecule has 1 unspecified atom stereocenters. The first kappa shape index (κ1) is 60.6. The van der Waals surface area contributed by atoms with Crippen LogP contribution >= 0.6 is 0 Å². The Labute approximate surface area is 395 Å². The minimum absolute atomic E-state index is 0.0976. The van der Waals surface area contributed by atoms with E-state index in [2.05, 4.69) is 45.1 Å². The summed E-state index contributed by atoms with van der Waals surface area (Å²) in [5, 5.41) is 0. The first-order chi connectivity index (χ1) is 31.5. The van der Waals surface area contributed by atoms with Gasteiger partial charge < -0.3 is 14.2 Å². The van der Waals surface area contributed by atoms with Crippen molar-refractivity contribution in [1.82, 2.24) is 0 Å². The van der Waals surface area contributed by atoms with E-state index in [0.29, 0.717) is 19.3 Å². The Hall–Kier alpha value is -3.41. The van der Waals surface area contributed by atoms with E-state index in [0.717, 1.165) is 83.5 Å². The van der Waals surface area contributed by atoms with Gasteiger partial charge >= 0.3 is 17.9 Å². The van der Waals surface area contributed by atoms with E-state index >= 15 is 0 Å². The van der Waals surface area contributed by atoms with Gasteiger partial charge in [0, 0.05) is 19.3 Å². The first-order valence-corrected chi connectivity index (χ1v) is 26.7. The summed E-state index contributed by atoms with van der Waals surface area (Å²) in [7, 11) is 0. The molecule has 0 aliphatic carbocycles. The Balaban J connectivity index is 4.49. The number of esters is 3. The zero-order chi connectivity index (χ0) is 46.5. The fraction of sp³-hybridized carbons (Fsp3) is 0.707. The fourth-order valence-electron chi connectivity index (χ4n) is 7.29. The lowest BCUT2D eigenvalue weighted by Crippen LogP contribution is -2.30. The second kappa shape index (κ2) is 52.2. The Morgan fingerprint density at radius 1 is 0.328 bits per heavy atom. The molecular formula is C58H98O6. The van der Waals surface area contributed by atoms with Gasteiger partial charge in [0.1, 0.15) is 13.2 Å². The van der Waals surface area contributed by atoms with Crippen LogP contribution in [0.2, 0.25) is 0 Å². The van der Waals surface area contributed by atoms with Gasteiger partial charge in [0.05, 0.1) is 0 Å². The Kier molecular flexibility index (Phi) is 49.4. The van der Waals surface area contributed by atoms with E-state index in [4.69, 9.17) is 14.2 Å². The van der Waals surface area contributed by atoms with Crippen molar-refractivity contribution in [3.05, 3.63) is 85.1 Å². The molecule has 366 valence electrons. The maximum atomic E-state index is 12.8. The predicted octanol–water partition coefficient (Wildman–Crippen LogP) is 17.6. The van der Waals surface area contributed by atoms with Crippen molar-refractivity contribution < 1.29 is 28.6 Å². The summed E-state index contributed by atoms with van der Waals surface area (Å²) >= 11 is 0. The molecule has 0 radical (unpaired) electrons. The number of unbranched alkanes of at least 4 members (excludes halogenated alkanes) is 27. The largest absolute Gasteiger partial charge is 0.462 e. The third kappa shape index (κ3) is 49.6. The molecule has 6 nitrogen and oxygen atoms in total. The highest BCUT2D eigenvalue weighted by molar-refractivity contribution is 5.71. The predicted molar refractivity (Wildman–Crippen MR) is 274 cm³/mol. The van der Waals surface area contributed by atoms with Crippen molar-refractivity contribution in [1.29, 1.82) is 0 Å². The van der Waals surface area contributed by atoms with E-state index in [1.54, 1.807) is 0 Å². The number of ether oxygens (including phenoxy) is 3. The highest BCUT2D eigenvalue weighted by atomic mass is 16.6. The first-order valence-electron chi connectivity index (χ1n) is 26.7. The van der Waals surface area contributed by atoms with Crippen LogP contribution in [0.25, 0.3) is 0 Å². The van der Waals surface area contributed by atoms with Gasteiger partial charge in [-0.3, -0.25) is 14.4 Å². The van der Waals surface area contributed by atoms with Crippen molar-refractivity contribution in [2.45, 2.75) is 252 Å². The molecule has 0 amide bonds. The van der Waals surface area contributed by atoms with Crippen molar-refractivity contribution in [2.75, 3.05) is 13.2 Å². The topological polar surface area (TPSA) is 78.9 Å². The molecule has 0 aromatic carbocycles. The van der Waals surface area contributed by atoms with Crippen molar-refractivity contribution in [3.63, 3.8) is 0 Å². The van der Waals surface area contributed by atoms with Crippen LogP contribution in [0.5, 0.6) is 0 Å². The summed E-state index contributed by atoms with van der Waals surface area (Å²) in [5.41, 5.74) is 0. The van der Waals surface area contributed by atoms with Crippen LogP contribution in [-0.2, 0) is 28.6 Å². The van der Waals surface area contributed by atoms with E-state index in [9.17, 15) is 14.4 Å². The van der Waals surface area contributed by atoms with Crippen molar-refractivity contribution >= 4 is 17.9 Å². The van der Waals surface area contributed by atoms with E-state index in [1.165, 1.54) is 122 Å². The fourth-order valence-corrected chi connectivity index (χ4v) is 7.29. The van der Waals surface area contributed by atoms with Crippen LogP contribution in [0, 0.1) is 0 Å². The second-order valence-electron chi connectivity index (χ2n) is 17.6. The third-order valence-corrected chi connectivity index (χ3v) is 11.3. The van der Waals surface area contributed by atoms with Crippen molar-refractivity contribution in [3.8, 4) is 0 Å². The summed E-state index contributed by atoms with van der Waals surface area (Å²) in [4.78, 5) is 38.0. The maximum Gasteiger partial charge on any atom is 0.306 e. The summed E-state index contributed by atoms with van der Waals surface area (Å²) in [5.74, 6) is -0.953. The zero-order valence-corrected chi connectivity index (χ0v) is 41.8.